The van der Waals surface area contributed by atoms with Crippen molar-refractivity contribution in [2.24, 2.45) is 5.92 Å². The molecule has 1 aliphatic rings. The average Bonchev–Trinajstić information content (AvgIpc) is 2.84. The fourth-order valence-corrected chi connectivity index (χ4v) is 4.15. The van der Waals surface area contributed by atoms with Crippen molar-refractivity contribution < 1.29 is 14.3 Å². The van der Waals surface area contributed by atoms with Crippen LogP contribution in [0.3, 0.4) is 0 Å². The van der Waals surface area contributed by atoms with Crippen LogP contribution in [0.1, 0.15) is 25.7 Å². The summed E-state index contributed by atoms with van der Waals surface area (Å²) in [4.78, 5) is 21.0. The van der Waals surface area contributed by atoms with Gasteiger partial charge in [0.2, 0.25) is 5.91 Å². The Hall–Kier alpha value is -3.65. The van der Waals surface area contributed by atoms with Crippen LogP contribution in [0.15, 0.2) is 60.9 Å². The summed E-state index contributed by atoms with van der Waals surface area (Å²) in [5, 5.41) is 6.32. The first-order valence-electron chi connectivity index (χ1n) is 11.1. The maximum absolute atomic E-state index is 12.4. The van der Waals surface area contributed by atoms with Crippen LogP contribution in [0, 0.1) is 5.92 Å². The number of ether oxygens (including phenoxy) is 2. The predicted octanol–water partition coefficient (Wildman–Crippen LogP) is 4.21. The zero-order valence-electron chi connectivity index (χ0n) is 18.7. The molecule has 2 aromatic carbocycles. The topological polar surface area (TPSA) is 111 Å². The molecular formula is C25H29N5O3. The van der Waals surface area contributed by atoms with Crippen LogP contribution in [0.25, 0.3) is 11.1 Å². The lowest BCUT2D eigenvalue weighted by atomic mass is 9.85. The van der Waals surface area contributed by atoms with Crippen LogP contribution in [-0.2, 0) is 9.53 Å². The van der Waals surface area contributed by atoms with Gasteiger partial charge in [-0.2, -0.15) is 0 Å². The first kappa shape index (κ1) is 22.5. The van der Waals surface area contributed by atoms with E-state index < -0.39 is 0 Å². The number of carbonyl (C=O) groups is 1. The largest absolute Gasteiger partial charge is 0.457 e. The van der Waals surface area contributed by atoms with Crippen LogP contribution in [0.2, 0.25) is 0 Å². The summed E-state index contributed by atoms with van der Waals surface area (Å²) < 4.78 is 10.8. The Bertz CT molecular complexity index is 1060. The molecule has 1 aliphatic carbocycles. The van der Waals surface area contributed by atoms with Crippen LogP contribution in [0.4, 0.5) is 11.6 Å². The van der Waals surface area contributed by atoms with E-state index in [1.165, 1.54) is 6.33 Å². The highest BCUT2D eigenvalue weighted by Crippen LogP contribution is 2.35. The summed E-state index contributed by atoms with van der Waals surface area (Å²) in [5.41, 5.74) is 7.89. The summed E-state index contributed by atoms with van der Waals surface area (Å²) in [6, 6.07) is 17.4. The molecule has 1 amide bonds. The van der Waals surface area contributed by atoms with Crippen LogP contribution in [0.5, 0.6) is 11.5 Å². The Labute approximate surface area is 193 Å². The molecule has 1 aromatic heterocycles. The normalized spacial score (nSPS) is 17.8. The molecule has 4 rings (SSSR count). The van der Waals surface area contributed by atoms with Gasteiger partial charge in [-0.3, -0.25) is 4.79 Å². The maximum atomic E-state index is 12.4. The Morgan fingerprint density at radius 1 is 1.06 bits per heavy atom. The Kier molecular flexibility index (Phi) is 7.36. The molecule has 3 aromatic rings. The number of amides is 1. The molecule has 2 atom stereocenters. The van der Waals surface area contributed by atoms with Gasteiger partial charge in [-0.15, -0.1) is 0 Å². The predicted molar refractivity (Wildman–Crippen MR) is 128 cm³/mol. The monoisotopic (exact) mass is 447 g/mol. The number of benzene rings is 2. The van der Waals surface area contributed by atoms with Crippen molar-refractivity contribution in [3.63, 3.8) is 0 Å². The highest BCUT2D eigenvalue weighted by Gasteiger charge is 2.28. The smallest absolute Gasteiger partial charge is 0.224 e. The van der Waals surface area contributed by atoms with Gasteiger partial charge in [-0.25, -0.2) is 9.97 Å². The number of nitrogens with zero attached hydrogens (tertiary/aromatic N) is 2. The number of nitrogens with one attached hydrogen (secondary N) is 2. The van der Waals surface area contributed by atoms with Crippen molar-refractivity contribution in [1.29, 1.82) is 0 Å². The Balaban J connectivity index is 1.49. The molecule has 1 heterocycles. The van der Waals surface area contributed by atoms with E-state index in [0.717, 1.165) is 48.3 Å². The van der Waals surface area contributed by atoms with E-state index in [4.69, 9.17) is 15.2 Å². The molecule has 33 heavy (non-hydrogen) atoms. The first-order valence-corrected chi connectivity index (χ1v) is 11.1. The lowest BCUT2D eigenvalue weighted by Gasteiger charge is -2.30. The number of hydrogen-bond acceptors (Lipinski definition) is 7. The fourth-order valence-electron chi connectivity index (χ4n) is 4.15. The van der Waals surface area contributed by atoms with Crippen molar-refractivity contribution in [1.82, 2.24) is 15.3 Å². The Morgan fingerprint density at radius 2 is 1.82 bits per heavy atom. The van der Waals surface area contributed by atoms with E-state index in [0.29, 0.717) is 11.6 Å². The first-order chi connectivity index (χ1) is 16.1. The number of nitrogens with two attached hydrogens (primary N) is 1. The van der Waals surface area contributed by atoms with Gasteiger partial charge in [0.1, 0.15) is 36.2 Å². The van der Waals surface area contributed by atoms with Crippen molar-refractivity contribution in [2.75, 3.05) is 24.9 Å². The van der Waals surface area contributed by atoms with E-state index in [-0.39, 0.29) is 24.6 Å². The van der Waals surface area contributed by atoms with Crippen molar-refractivity contribution in [3.05, 3.63) is 60.9 Å². The number of methoxy groups -OCH3 is 1. The molecule has 4 N–H and O–H groups in total. The van der Waals surface area contributed by atoms with E-state index in [2.05, 4.69) is 20.6 Å². The third-order valence-corrected chi connectivity index (χ3v) is 5.78. The molecule has 0 saturated heterocycles. The number of hydrogen-bond donors (Lipinski definition) is 3. The van der Waals surface area contributed by atoms with Crippen LogP contribution < -0.4 is 21.1 Å². The van der Waals surface area contributed by atoms with Gasteiger partial charge in [0.15, 0.2) is 0 Å². The van der Waals surface area contributed by atoms with Gasteiger partial charge in [-0.05, 0) is 49.1 Å². The molecule has 0 radical (unpaired) electrons. The molecule has 1 saturated carbocycles. The summed E-state index contributed by atoms with van der Waals surface area (Å²) in [5.74, 6) is 2.54. The molecular weight excluding hydrogens is 418 g/mol. The molecule has 0 spiro atoms. The van der Waals surface area contributed by atoms with Crippen molar-refractivity contribution in [2.45, 2.75) is 31.7 Å². The second-order valence-corrected chi connectivity index (χ2v) is 8.10. The van der Waals surface area contributed by atoms with E-state index in [1.54, 1.807) is 7.11 Å². The molecule has 172 valence electrons. The zero-order chi connectivity index (χ0) is 23.0. The zero-order valence-corrected chi connectivity index (χ0v) is 18.7. The van der Waals surface area contributed by atoms with Gasteiger partial charge in [0.05, 0.1) is 5.56 Å². The Morgan fingerprint density at radius 3 is 2.58 bits per heavy atom. The standard InChI is InChI=1S/C25H29N5O3/c1-32-16-29-25(31)18-6-5-7-19(14-18)30-24-22(23(26)27-15-28-24)17-10-12-21(13-11-17)33-20-8-3-2-4-9-20/h2-4,8-13,15,18-19H,5-7,14,16H2,1H3,(H,29,31)(H3,26,27,28,30)/t18-,19+/m1/s1. The van der Waals surface area contributed by atoms with Gasteiger partial charge >= 0.3 is 0 Å². The van der Waals surface area contributed by atoms with E-state index >= 15 is 0 Å². The number of aromatic nitrogens is 2. The highest BCUT2D eigenvalue weighted by atomic mass is 16.5. The summed E-state index contributed by atoms with van der Waals surface area (Å²) in [6.07, 6.45) is 4.98. The quantitative estimate of drug-likeness (QED) is 0.444. The van der Waals surface area contributed by atoms with Crippen molar-refractivity contribution >= 4 is 17.5 Å². The lowest BCUT2D eigenvalue weighted by Crippen LogP contribution is -2.38. The minimum absolute atomic E-state index is 0.0276. The fraction of sp³-hybridized carbons (Fsp3) is 0.320. The van der Waals surface area contributed by atoms with Crippen LogP contribution in [-0.4, -0.2) is 35.8 Å². The lowest BCUT2D eigenvalue weighted by molar-refractivity contribution is -0.127. The van der Waals surface area contributed by atoms with E-state index in [9.17, 15) is 4.79 Å². The highest BCUT2D eigenvalue weighted by molar-refractivity contribution is 5.84. The SMILES string of the molecule is COCNC(=O)[C@@H]1CCC[C@H](Nc2ncnc(N)c2-c2ccc(Oc3ccccc3)cc2)C1. The maximum Gasteiger partial charge on any atom is 0.224 e. The molecule has 8 nitrogen and oxygen atoms in total. The molecule has 8 heteroatoms. The van der Waals surface area contributed by atoms with Gasteiger partial charge in [0, 0.05) is 19.1 Å². The summed E-state index contributed by atoms with van der Waals surface area (Å²) >= 11 is 0. The number of anilines is 2. The van der Waals surface area contributed by atoms with Gasteiger partial charge in [0.25, 0.3) is 0 Å². The van der Waals surface area contributed by atoms with Crippen molar-refractivity contribution in [3.8, 4) is 22.6 Å². The molecule has 0 bridgehead atoms. The number of rotatable bonds is 8. The summed E-state index contributed by atoms with van der Waals surface area (Å²) in [6.45, 7) is 0.226. The number of carbonyl (C=O) groups excluding carboxylic acids is 1. The minimum atomic E-state index is -0.0524. The molecule has 0 aliphatic heterocycles. The van der Waals surface area contributed by atoms with Gasteiger partial charge < -0.3 is 25.8 Å². The summed E-state index contributed by atoms with van der Waals surface area (Å²) in [7, 11) is 1.56. The molecule has 1 fully saturated rings. The number of nitrogen functional groups attached to an aromatic ring is 1. The van der Waals surface area contributed by atoms with E-state index in [1.807, 2.05) is 54.6 Å². The third kappa shape index (κ3) is 5.78. The minimum Gasteiger partial charge on any atom is -0.457 e. The van der Waals surface area contributed by atoms with Gasteiger partial charge in [-0.1, -0.05) is 36.8 Å². The van der Waals surface area contributed by atoms with Crippen LogP contribution >= 0.6 is 0 Å². The third-order valence-electron chi connectivity index (χ3n) is 5.78. The average molecular weight is 448 g/mol. The number of para-hydroxylation sites is 1. The molecule has 0 unspecified atom stereocenters. The second kappa shape index (κ2) is 10.8. The second-order valence-electron chi connectivity index (χ2n) is 8.10.